The normalized spacial score (nSPS) is 13.9. The van der Waals surface area contributed by atoms with E-state index in [2.05, 4.69) is 15.9 Å². The Bertz CT molecular complexity index is 531. The predicted molar refractivity (Wildman–Crippen MR) is 76.7 cm³/mol. The smallest absolute Gasteiger partial charge is 0.273 e. The number of nitro benzene ring substituents is 1. The van der Waals surface area contributed by atoms with Crippen molar-refractivity contribution in [2.24, 2.45) is 0 Å². The molecule has 0 heterocycles. The minimum atomic E-state index is -0.496. The third-order valence-corrected chi connectivity index (χ3v) is 3.78. The van der Waals surface area contributed by atoms with Gasteiger partial charge >= 0.3 is 0 Å². The Morgan fingerprint density at radius 2 is 2.25 bits per heavy atom. The summed E-state index contributed by atoms with van der Waals surface area (Å²) in [4.78, 5) is 24.0. The highest BCUT2D eigenvalue weighted by Gasteiger charge is 2.31. The van der Waals surface area contributed by atoms with E-state index in [1.165, 1.54) is 18.2 Å². The molecule has 6 nitrogen and oxygen atoms in total. The molecule has 1 saturated carbocycles. The van der Waals surface area contributed by atoms with Gasteiger partial charge < -0.3 is 9.64 Å². The molecule has 1 fully saturated rings. The van der Waals surface area contributed by atoms with Gasteiger partial charge in [0.15, 0.2) is 6.61 Å². The van der Waals surface area contributed by atoms with Crippen LogP contribution < -0.4 is 4.74 Å². The van der Waals surface area contributed by atoms with Gasteiger partial charge in [0, 0.05) is 18.7 Å². The van der Waals surface area contributed by atoms with Crippen LogP contribution in [-0.2, 0) is 4.79 Å². The van der Waals surface area contributed by atoms with Crippen molar-refractivity contribution in [3.05, 3.63) is 32.8 Å². The number of non-ortho nitro benzene ring substituents is 1. The van der Waals surface area contributed by atoms with Gasteiger partial charge in [0.1, 0.15) is 5.75 Å². The number of hydrogen-bond donors (Lipinski definition) is 0. The van der Waals surface area contributed by atoms with E-state index in [-0.39, 0.29) is 18.2 Å². The van der Waals surface area contributed by atoms with Gasteiger partial charge in [-0.1, -0.05) is 0 Å². The third kappa shape index (κ3) is 3.47. The van der Waals surface area contributed by atoms with E-state index in [9.17, 15) is 14.9 Å². The second-order valence-corrected chi connectivity index (χ2v) is 5.43. The SMILES string of the molecule is CCN(C(=O)COc1cc([N+](=O)[O-])ccc1Br)C1CC1. The highest BCUT2D eigenvalue weighted by atomic mass is 79.9. The number of nitrogens with zero attached hydrogens (tertiary/aromatic N) is 2. The Kier molecular flexibility index (Phi) is 4.59. The maximum Gasteiger partial charge on any atom is 0.273 e. The highest BCUT2D eigenvalue weighted by molar-refractivity contribution is 9.10. The van der Waals surface area contributed by atoms with Crippen LogP contribution in [0.5, 0.6) is 5.75 Å². The van der Waals surface area contributed by atoms with Gasteiger partial charge in [-0.05, 0) is 41.8 Å². The fraction of sp³-hybridized carbons (Fsp3) is 0.462. The number of carbonyl (C=O) groups excluding carboxylic acids is 1. The zero-order valence-electron chi connectivity index (χ0n) is 11.0. The molecule has 1 amide bonds. The second-order valence-electron chi connectivity index (χ2n) is 4.57. The molecule has 0 radical (unpaired) electrons. The van der Waals surface area contributed by atoms with Crippen LogP contribution >= 0.6 is 15.9 Å². The number of carbonyl (C=O) groups is 1. The summed E-state index contributed by atoms with van der Waals surface area (Å²) >= 11 is 3.25. The van der Waals surface area contributed by atoms with Crippen molar-refractivity contribution in [1.29, 1.82) is 0 Å². The second kappa shape index (κ2) is 6.21. The Morgan fingerprint density at radius 1 is 1.55 bits per heavy atom. The molecule has 7 heteroatoms. The van der Waals surface area contributed by atoms with Gasteiger partial charge in [-0.3, -0.25) is 14.9 Å². The van der Waals surface area contributed by atoms with Crippen LogP contribution in [0.4, 0.5) is 5.69 Å². The van der Waals surface area contributed by atoms with Gasteiger partial charge in [-0.2, -0.15) is 0 Å². The maximum atomic E-state index is 12.0. The molecule has 1 aromatic carbocycles. The number of halogens is 1. The Morgan fingerprint density at radius 3 is 2.80 bits per heavy atom. The van der Waals surface area contributed by atoms with E-state index in [0.717, 1.165) is 12.8 Å². The summed E-state index contributed by atoms with van der Waals surface area (Å²) in [6, 6.07) is 4.56. The van der Waals surface area contributed by atoms with Crippen molar-refractivity contribution in [3.8, 4) is 5.75 Å². The highest BCUT2D eigenvalue weighted by Crippen LogP contribution is 2.30. The summed E-state index contributed by atoms with van der Waals surface area (Å²) in [7, 11) is 0. The van der Waals surface area contributed by atoms with Gasteiger partial charge in [-0.25, -0.2) is 0 Å². The molecule has 0 saturated heterocycles. The first-order chi connectivity index (χ1) is 9.52. The van der Waals surface area contributed by atoms with Crippen LogP contribution in [0, 0.1) is 10.1 Å². The maximum absolute atomic E-state index is 12.0. The van der Waals surface area contributed by atoms with Crippen molar-refractivity contribution in [2.45, 2.75) is 25.8 Å². The van der Waals surface area contributed by atoms with Crippen LogP contribution in [0.3, 0.4) is 0 Å². The number of hydrogen-bond acceptors (Lipinski definition) is 4. The van der Waals surface area contributed by atoms with Crippen molar-refractivity contribution < 1.29 is 14.5 Å². The molecular weight excluding hydrogens is 328 g/mol. The standard InChI is InChI=1S/C13H15BrN2O4/c1-2-15(9-3-4-9)13(17)8-20-12-7-10(16(18)19)5-6-11(12)14/h5-7,9H,2-4,8H2,1H3. The first-order valence-electron chi connectivity index (χ1n) is 6.39. The Hall–Kier alpha value is -1.63. The Balaban J connectivity index is 2.01. The lowest BCUT2D eigenvalue weighted by atomic mass is 10.3. The lowest BCUT2D eigenvalue weighted by Crippen LogP contribution is -2.36. The van der Waals surface area contributed by atoms with Crippen molar-refractivity contribution in [1.82, 2.24) is 4.90 Å². The molecule has 0 bridgehead atoms. The first kappa shape index (κ1) is 14.8. The van der Waals surface area contributed by atoms with Crippen LogP contribution in [0.15, 0.2) is 22.7 Å². The van der Waals surface area contributed by atoms with Crippen LogP contribution in [0.1, 0.15) is 19.8 Å². The molecule has 1 aliphatic rings. The van der Waals surface area contributed by atoms with E-state index in [1.54, 1.807) is 4.90 Å². The number of amides is 1. The molecule has 20 heavy (non-hydrogen) atoms. The molecular formula is C13H15BrN2O4. The van der Waals surface area contributed by atoms with E-state index < -0.39 is 4.92 Å². The lowest BCUT2D eigenvalue weighted by molar-refractivity contribution is -0.385. The van der Waals surface area contributed by atoms with E-state index in [1.807, 2.05) is 6.92 Å². The zero-order chi connectivity index (χ0) is 14.7. The molecule has 1 aliphatic carbocycles. The summed E-state index contributed by atoms with van der Waals surface area (Å²) in [6.45, 7) is 2.48. The Labute approximate surface area is 125 Å². The topological polar surface area (TPSA) is 72.7 Å². The van der Waals surface area contributed by atoms with Crippen molar-refractivity contribution in [2.75, 3.05) is 13.2 Å². The molecule has 108 valence electrons. The quantitative estimate of drug-likeness (QED) is 0.588. The van der Waals surface area contributed by atoms with E-state index in [0.29, 0.717) is 22.8 Å². The number of ether oxygens (including phenoxy) is 1. The van der Waals surface area contributed by atoms with Crippen molar-refractivity contribution in [3.63, 3.8) is 0 Å². The average Bonchev–Trinajstić information content (AvgIpc) is 3.23. The molecule has 2 rings (SSSR count). The number of benzene rings is 1. The largest absolute Gasteiger partial charge is 0.482 e. The number of rotatable bonds is 6. The molecule has 0 unspecified atom stereocenters. The average molecular weight is 343 g/mol. The van der Waals surface area contributed by atoms with Crippen LogP contribution in [0.2, 0.25) is 0 Å². The number of nitro groups is 1. The summed E-state index contributed by atoms with van der Waals surface area (Å²) < 4.78 is 6.00. The molecule has 0 N–H and O–H groups in total. The first-order valence-corrected chi connectivity index (χ1v) is 7.18. The molecule has 1 aromatic rings. The van der Waals surface area contributed by atoms with Crippen LogP contribution in [-0.4, -0.2) is 34.9 Å². The van der Waals surface area contributed by atoms with Gasteiger partial charge in [0.05, 0.1) is 15.5 Å². The molecule has 0 aliphatic heterocycles. The lowest BCUT2D eigenvalue weighted by Gasteiger charge is -2.20. The predicted octanol–water partition coefficient (Wildman–Crippen LogP) is 2.75. The minimum absolute atomic E-state index is 0.0646. The monoisotopic (exact) mass is 342 g/mol. The van der Waals surface area contributed by atoms with Gasteiger partial charge in [0.2, 0.25) is 0 Å². The van der Waals surface area contributed by atoms with E-state index >= 15 is 0 Å². The third-order valence-electron chi connectivity index (χ3n) is 3.13. The van der Waals surface area contributed by atoms with E-state index in [4.69, 9.17) is 4.74 Å². The molecule has 0 spiro atoms. The van der Waals surface area contributed by atoms with Crippen molar-refractivity contribution >= 4 is 27.5 Å². The minimum Gasteiger partial charge on any atom is -0.482 e. The van der Waals surface area contributed by atoms with Gasteiger partial charge in [0.25, 0.3) is 11.6 Å². The summed E-state index contributed by atoms with van der Waals surface area (Å²) in [6.07, 6.45) is 2.08. The summed E-state index contributed by atoms with van der Waals surface area (Å²) in [5, 5.41) is 10.7. The summed E-state index contributed by atoms with van der Waals surface area (Å²) in [5.74, 6) is 0.216. The number of likely N-dealkylation sites (N-methyl/N-ethyl adjacent to an activating group) is 1. The zero-order valence-corrected chi connectivity index (χ0v) is 12.6. The molecule has 0 aromatic heterocycles. The van der Waals surface area contributed by atoms with Gasteiger partial charge in [-0.15, -0.1) is 0 Å². The fourth-order valence-electron chi connectivity index (χ4n) is 1.96. The van der Waals surface area contributed by atoms with Crippen LogP contribution in [0.25, 0.3) is 0 Å². The fourth-order valence-corrected chi connectivity index (χ4v) is 2.32. The molecule has 0 atom stereocenters. The summed E-state index contributed by atoms with van der Waals surface area (Å²) in [5.41, 5.74) is -0.0646.